The molecule has 0 aliphatic heterocycles. The third-order valence-corrected chi connectivity index (χ3v) is 3.71. The molecule has 0 spiro atoms. The molecule has 1 amide bonds. The SMILES string of the molecule is CC(C)CNC(=O)COC(=O)c1ccccc1OCc1ccc(Cl)cc1. The zero-order chi connectivity index (χ0) is 18.9. The Labute approximate surface area is 158 Å². The number of ether oxygens (including phenoxy) is 2. The summed E-state index contributed by atoms with van der Waals surface area (Å²) in [7, 11) is 0. The summed E-state index contributed by atoms with van der Waals surface area (Å²) in [6.45, 7) is 4.48. The summed E-state index contributed by atoms with van der Waals surface area (Å²) in [5.74, 6) is -0.199. The van der Waals surface area contributed by atoms with Crippen LogP contribution < -0.4 is 10.1 Å². The van der Waals surface area contributed by atoms with Crippen LogP contribution in [0.2, 0.25) is 5.02 Å². The monoisotopic (exact) mass is 375 g/mol. The Morgan fingerprint density at radius 1 is 1.08 bits per heavy atom. The Bertz CT molecular complexity index is 744. The van der Waals surface area contributed by atoms with Gasteiger partial charge in [0, 0.05) is 11.6 Å². The zero-order valence-electron chi connectivity index (χ0n) is 14.8. The quantitative estimate of drug-likeness (QED) is 0.712. The van der Waals surface area contributed by atoms with E-state index in [1.165, 1.54) is 0 Å². The van der Waals surface area contributed by atoms with E-state index in [4.69, 9.17) is 21.1 Å². The molecule has 26 heavy (non-hydrogen) atoms. The van der Waals surface area contributed by atoms with Crippen molar-refractivity contribution in [3.63, 3.8) is 0 Å². The lowest BCUT2D eigenvalue weighted by Gasteiger charge is -2.12. The number of nitrogens with one attached hydrogen (secondary N) is 1. The first-order chi connectivity index (χ1) is 12.5. The lowest BCUT2D eigenvalue weighted by Crippen LogP contribution is -2.31. The predicted octanol–water partition coefficient (Wildman–Crippen LogP) is 3.85. The molecule has 0 heterocycles. The van der Waals surface area contributed by atoms with Gasteiger partial charge in [-0.05, 0) is 35.7 Å². The second kappa shape index (κ2) is 9.82. The Hall–Kier alpha value is -2.53. The summed E-state index contributed by atoms with van der Waals surface area (Å²) >= 11 is 5.86. The van der Waals surface area contributed by atoms with Crippen molar-refractivity contribution < 1.29 is 19.1 Å². The van der Waals surface area contributed by atoms with Crippen LogP contribution in [0, 0.1) is 5.92 Å². The van der Waals surface area contributed by atoms with Crippen molar-refractivity contribution in [1.82, 2.24) is 5.32 Å². The molecule has 0 radical (unpaired) electrons. The van der Waals surface area contributed by atoms with Gasteiger partial charge < -0.3 is 14.8 Å². The van der Waals surface area contributed by atoms with Gasteiger partial charge in [-0.3, -0.25) is 4.79 Å². The zero-order valence-corrected chi connectivity index (χ0v) is 15.6. The van der Waals surface area contributed by atoms with Crippen molar-refractivity contribution in [2.45, 2.75) is 20.5 Å². The maximum atomic E-state index is 12.3. The highest BCUT2D eigenvalue weighted by Gasteiger charge is 2.15. The van der Waals surface area contributed by atoms with Gasteiger partial charge in [-0.25, -0.2) is 4.79 Å². The van der Waals surface area contributed by atoms with Crippen LogP contribution in [0.3, 0.4) is 0 Å². The number of benzene rings is 2. The predicted molar refractivity (Wildman–Crippen MR) is 100 cm³/mol. The van der Waals surface area contributed by atoms with Crippen LogP contribution in [-0.2, 0) is 16.1 Å². The van der Waals surface area contributed by atoms with Gasteiger partial charge in [0.05, 0.1) is 0 Å². The minimum absolute atomic E-state index is 0.276. The number of para-hydroxylation sites is 1. The van der Waals surface area contributed by atoms with Gasteiger partial charge in [0.2, 0.25) is 0 Å². The number of hydrogen-bond acceptors (Lipinski definition) is 4. The fourth-order valence-corrected chi connectivity index (χ4v) is 2.21. The van der Waals surface area contributed by atoms with Crippen LogP contribution in [-0.4, -0.2) is 25.0 Å². The van der Waals surface area contributed by atoms with E-state index in [9.17, 15) is 9.59 Å². The number of halogens is 1. The van der Waals surface area contributed by atoms with Crippen LogP contribution in [0.5, 0.6) is 5.75 Å². The number of carbonyl (C=O) groups excluding carboxylic acids is 2. The Balaban J connectivity index is 1.93. The second-order valence-electron chi connectivity index (χ2n) is 6.19. The molecule has 0 aromatic heterocycles. The topological polar surface area (TPSA) is 64.6 Å². The minimum Gasteiger partial charge on any atom is -0.488 e. The molecular weight excluding hydrogens is 354 g/mol. The van der Waals surface area contributed by atoms with E-state index in [1.54, 1.807) is 36.4 Å². The molecule has 0 aliphatic rings. The van der Waals surface area contributed by atoms with E-state index in [1.807, 2.05) is 26.0 Å². The lowest BCUT2D eigenvalue weighted by atomic mass is 10.2. The molecule has 2 aromatic carbocycles. The molecule has 0 unspecified atom stereocenters. The van der Waals surface area contributed by atoms with Crippen molar-refractivity contribution in [2.75, 3.05) is 13.2 Å². The Morgan fingerprint density at radius 3 is 2.46 bits per heavy atom. The summed E-state index contributed by atoms with van der Waals surface area (Å²) in [5, 5.41) is 3.34. The average Bonchev–Trinajstić information content (AvgIpc) is 2.64. The molecule has 0 bridgehead atoms. The largest absolute Gasteiger partial charge is 0.488 e. The van der Waals surface area contributed by atoms with Gasteiger partial charge in [0.1, 0.15) is 17.9 Å². The first-order valence-corrected chi connectivity index (χ1v) is 8.73. The number of rotatable bonds is 8. The second-order valence-corrected chi connectivity index (χ2v) is 6.62. The number of esters is 1. The minimum atomic E-state index is -0.601. The van der Waals surface area contributed by atoms with Gasteiger partial charge in [-0.2, -0.15) is 0 Å². The fraction of sp³-hybridized carbons (Fsp3) is 0.300. The van der Waals surface area contributed by atoms with E-state index in [-0.39, 0.29) is 24.7 Å². The molecule has 1 N–H and O–H groups in total. The smallest absolute Gasteiger partial charge is 0.342 e. The third-order valence-electron chi connectivity index (χ3n) is 3.46. The lowest BCUT2D eigenvalue weighted by molar-refractivity contribution is -0.124. The highest BCUT2D eigenvalue weighted by atomic mass is 35.5. The maximum absolute atomic E-state index is 12.3. The van der Waals surface area contributed by atoms with Gasteiger partial charge in [-0.1, -0.05) is 49.7 Å². The molecule has 2 aromatic rings. The normalized spacial score (nSPS) is 10.5. The Morgan fingerprint density at radius 2 is 1.77 bits per heavy atom. The molecule has 5 nitrogen and oxygen atoms in total. The third kappa shape index (κ3) is 6.41. The van der Waals surface area contributed by atoms with Gasteiger partial charge >= 0.3 is 5.97 Å². The molecule has 138 valence electrons. The summed E-state index contributed by atoms with van der Waals surface area (Å²) in [5.41, 5.74) is 1.20. The van der Waals surface area contributed by atoms with Crippen LogP contribution in [0.15, 0.2) is 48.5 Å². The van der Waals surface area contributed by atoms with Crippen molar-refractivity contribution in [2.24, 2.45) is 5.92 Å². The molecule has 0 aliphatic carbocycles. The van der Waals surface area contributed by atoms with Crippen molar-refractivity contribution in [1.29, 1.82) is 0 Å². The number of amides is 1. The van der Waals surface area contributed by atoms with E-state index in [2.05, 4.69) is 5.32 Å². The molecule has 0 saturated carbocycles. The van der Waals surface area contributed by atoms with E-state index in [0.29, 0.717) is 23.2 Å². The van der Waals surface area contributed by atoms with Crippen molar-refractivity contribution in [3.8, 4) is 5.75 Å². The Kier molecular flexibility index (Phi) is 7.48. The summed E-state index contributed by atoms with van der Waals surface area (Å²) in [4.78, 5) is 23.9. The van der Waals surface area contributed by atoms with Gasteiger partial charge in [-0.15, -0.1) is 0 Å². The number of hydrogen-bond donors (Lipinski definition) is 1. The highest BCUT2D eigenvalue weighted by Crippen LogP contribution is 2.21. The molecule has 2 rings (SSSR count). The molecule has 6 heteroatoms. The van der Waals surface area contributed by atoms with E-state index in [0.717, 1.165) is 5.56 Å². The van der Waals surface area contributed by atoms with Crippen molar-refractivity contribution in [3.05, 3.63) is 64.7 Å². The molecule has 0 saturated heterocycles. The first kappa shape index (κ1) is 19.8. The van der Waals surface area contributed by atoms with Crippen LogP contribution in [0.1, 0.15) is 29.8 Å². The van der Waals surface area contributed by atoms with Gasteiger partial charge in [0.15, 0.2) is 6.61 Å². The van der Waals surface area contributed by atoms with Crippen molar-refractivity contribution >= 4 is 23.5 Å². The summed E-state index contributed by atoms with van der Waals surface area (Å²) in [6.07, 6.45) is 0. The highest BCUT2D eigenvalue weighted by molar-refractivity contribution is 6.30. The standard InChI is InChI=1S/C20H22ClNO4/c1-14(2)11-22-19(23)13-26-20(24)17-5-3-4-6-18(17)25-12-15-7-9-16(21)10-8-15/h3-10,14H,11-13H2,1-2H3,(H,22,23). The summed E-state index contributed by atoms with van der Waals surface area (Å²) in [6, 6.07) is 14.0. The average molecular weight is 376 g/mol. The van der Waals surface area contributed by atoms with E-state index < -0.39 is 5.97 Å². The molecular formula is C20H22ClNO4. The van der Waals surface area contributed by atoms with Gasteiger partial charge in [0.25, 0.3) is 5.91 Å². The summed E-state index contributed by atoms with van der Waals surface area (Å²) < 4.78 is 10.8. The van der Waals surface area contributed by atoms with E-state index >= 15 is 0 Å². The maximum Gasteiger partial charge on any atom is 0.342 e. The molecule has 0 atom stereocenters. The fourth-order valence-electron chi connectivity index (χ4n) is 2.08. The van der Waals surface area contributed by atoms with Crippen LogP contribution in [0.25, 0.3) is 0 Å². The van der Waals surface area contributed by atoms with Crippen LogP contribution >= 0.6 is 11.6 Å². The molecule has 0 fully saturated rings. The number of carbonyl (C=O) groups is 2. The first-order valence-electron chi connectivity index (χ1n) is 8.36. The van der Waals surface area contributed by atoms with Crippen LogP contribution in [0.4, 0.5) is 0 Å².